The number of rotatable bonds is 5. The summed E-state index contributed by atoms with van der Waals surface area (Å²) in [5.41, 5.74) is 0.305. The molecule has 0 spiro atoms. The summed E-state index contributed by atoms with van der Waals surface area (Å²) < 4.78 is 0. The molecule has 2 unspecified atom stereocenters. The van der Waals surface area contributed by atoms with Crippen LogP contribution >= 0.6 is 11.6 Å². The molecule has 5 heteroatoms. The first-order valence-corrected chi connectivity index (χ1v) is 8.16. The van der Waals surface area contributed by atoms with Gasteiger partial charge in [-0.3, -0.25) is 4.79 Å². The van der Waals surface area contributed by atoms with Crippen LogP contribution in [-0.4, -0.2) is 24.0 Å². The zero-order valence-corrected chi connectivity index (χ0v) is 13.5. The minimum atomic E-state index is -0.182. The second-order valence-corrected chi connectivity index (χ2v) is 6.31. The molecular formula is C16H24ClN3O. The van der Waals surface area contributed by atoms with Crippen LogP contribution in [0.3, 0.4) is 0 Å². The van der Waals surface area contributed by atoms with Gasteiger partial charge >= 0.3 is 0 Å². The van der Waals surface area contributed by atoms with Crippen LogP contribution in [0.25, 0.3) is 0 Å². The van der Waals surface area contributed by atoms with Crippen LogP contribution in [0.2, 0.25) is 5.02 Å². The fourth-order valence-electron chi connectivity index (χ4n) is 2.95. The Kier molecular flexibility index (Phi) is 5.85. The van der Waals surface area contributed by atoms with Gasteiger partial charge in [0.2, 0.25) is 0 Å². The van der Waals surface area contributed by atoms with Crippen LogP contribution < -0.4 is 10.6 Å². The molecule has 0 radical (unpaired) electrons. The van der Waals surface area contributed by atoms with E-state index in [0.29, 0.717) is 29.0 Å². The molecule has 0 saturated heterocycles. The Morgan fingerprint density at radius 2 is 2.24 bits per heavy atom. The third kappa shape index (κ3) is 4.60. The van der Waals surface area contributed by atoms with E-state index in [9.17, 15) is 4.79 Å². The number of carbonyl (C=O) groups is 1. The van der Waals surface area contributed by atoms with Gasteiger partial charge in [-0.1, -0.05) is 31.4 Å². The molecule has 0 aromatic carbocycles. The van der Waals surface area contributed by atoms with Crippen molar-refractivity contribution in [1.82, 2.24) is 10.3 Å². The highest BCUT2D eigenvalue weighted by Gasteiger charge is 2.20. The van der Waals surface area contributed by atoms with Crippen molar-refractivity contribution in [1.29, 1.82) is 0 Å². The fourth-order valence-corrected chi connectivity index (χ4v) is 3.14. The van der Waals surface area contributed by atoms with E-state index in [-0.39, 0.29) is 5.91 Å². The first-order chi connectivity index (χ1) is 10.1. The number of aromatic nitrogens is 1. The summed E-state index contributed by atoms with van der Waals surface area (Å²) in [6.45, 7) is 5.74. The van der Waals surface area contributed by atoms with Crippen molar-refractivity contribution in [2.24, 2.45) is 11.8 Å². The van der Waals surface area contributed by atoms with Gasteiger partial charge in [-0.05, 0) is 43.7 Å². The highest BCUT2D eigenvalue weighted by atomic mass is 35.5. The van der Waals surface area contributed by atoms with Gasteiger partial charge < -0.3 is 10.6 Å². The largest absolute Gasteiger partial charge is 0.370 e. The third-order valence-corrected chi connectivity index (χ3v) is 4.32. The number of nitrogens with zero attached hydrogens (tertiary/aromatic N) is 1. The Morgan fingerprint density at radius 1 is 1.43 bits per heavy atom. The fraction of sp³-hybridized carbons (Fsp3) is 0.625. The summed E-state index contributed by atoms with van der Waals surface area (Å²) in [4.78, 5) is 16.5. The highest BCUT2D eigenvalue weighted by Crippen LogP contribution is 2.28. The summed E-state index contributed by atoms with van der Waals surface area (Å²) in [5, 5.41) is 6.47. The van der Waals surface area contributed by atoms with Crippen molar-refractivity contribution < 1.29 is 4.79 Å². The molecule has 0 aliphatic heterocycles. The summed E-state index contributed by atoms with van der Waals surface area (Å²) in [6, 6.07) is 3.50. The van der Waals surface area contributed by atoms with E-state index in [1.807, 2.05) is 6.92 Å². The molecular weight excluding hydrogens is 286 g/mol. The SMILES string of the molecule is CCNc1ccc(Cl)c(C(=O)NCC2CCCC(C)C2)n1. The number of halogens is 1. The molecule has 0 bridgehead atoms. The van der Waals surface area contributed by atoms with E-state index < -0.39 is 0 Å². The molecule has 1 amide bonds. The predicted molar refractivity (Wildman–Crippen MR) is 86.9 cm³/mol. The molecule has 1 aliphatic carbocycles. The average molecular weight is 310 g/mol. The van der Waals surface area contributed by atoms with Gasteiger partial charge in [-0.15, -0.1) is 0 Å². The van der Waals surface area contributed by atoms with Crippen molar-refractivity contribution in [3.05, 3.63) is 22.8 Å². The topological polar surface area (TPSA) is 54.0 Å². The second kappa shape index (κ2) is 7.64. The summed E-state index contributed by atoms with van der Waals surface area (Å²) in [6.07, 6.45) is 4.96. The molecule has 1 saturated carbocycles. The van der Waals surface area contributed by atoms with Crippen LogP contribution in [0.4, 0.5) is 5.82 Å². The molecule has 1 aromatic heterocycles. The van der Waals surface area contributed by atoms with Crippen molar-refractivity contribution in [3.8, 4) is 0 Å². The third-order valence-electron chi connectivity index (χ3n) is 4.02. The molecule has 1 heterocycles. The van der Waals surface area contributed by atoms with Gasteiger partial charge in [-0.25, -0.2) is 4.98 Å². The molecule has 2 rings (SSSR count). The lowest BCUT2D eigenvalue weighted by Gasteiger charge is -2.26. The normalized spacial score (nSPS) is 21.9. The van der Waals surface area contributed by atoms with E-state index in [1.54, 1.807) is 12.1 Å². The maximum Gasteiger partial charge on any atom is 0.271 e. The van der Waals surface area contributed by atoms with Gasteiger partial charge in [0.1, 0.15) is 11.5 Å². The number of carbonyl (C=O) groups excluding carboxylic acids is 1. The van der Waals surface area contributed by atoms with Crippen LogP contribution in [-0.2, 0) is 0 Å². The maximum absolute atomic E-state index is 12.3. The number of hydrogen-bond acceptors (Lipinski definition) is 3. The molecule has 1 aliphatic rings. The Hall–Kier alpha value is -1.29. The lowest BCUT2D eigenvalue weighted by Crippen LogP contribution is -2.32. The van der Waals surface area contributed by atoms with E-state index in [4.69, 9.17) is 11.6 Å². The minimum Gasteiger partial charge on any atom is -0.370 e. The van der Waals surface area contributed by atoms with Gasteiger partial charge in [-0.2, -0.15) is 0 Å². The lowest BCUT2D eigenvalue weighted by molar-refractivity contribution is 0.0936. The summed E-state index contributed by atoms with van der Waals surface area (Å²) in [7, 11) is 0. The van der Waals surface area contributed by atoms with Crippen LogP contribution in [0.1, 0.15) is 50.0 Å². The van der Waals surface area contributed by atoms with Gasteiger partial charge in [0.05, 0.1) is 5.02 Å². The van der Waals surface area contributed by atoms with Gasteiger partial charge in [0.25, 0.3) is 5.91 Å². The van der Waals surface area contributed by atoms with Crippen molar-refractivity contribution in [2.45, 2.75) is 39.5 Å². The Morgan fingerprint density at radius 3 is 2.95 bits per heavy atom. The van der Waals surface area contributed by atoms with E-state index >= 15 is 0 Å². The summed E-state index contributed by atoms with van der Waals surface area (Å²) in [5.74, 6) is 1.84. The molecule has 2 atom stereocenters. The standard InChI is InChI=1S/C16H24ClN3O/c1-3-18-14-8-7-13(17)15(20-14)16(21)19-10-12-6-4-5-11(2)9-12/h7-8,11-12H,3-6,9-10H2,1-2H3,(H,18,20)(H,19,21). The zero-order valence-electron chi connectivity index (χ0n) is 12.8. The van der Waals surface area contributed by atoms with Crippen molar-refractivity contribution in [3.63, 3.8) is 0 Å². The van der Waals surface area contributed by atoms with Crippen LogP contribution in [0.15, 0.2) is 12.1 Å². The molecule has 21 heavy (non-hydrogen) atoms. The average Bonchev–Trinajstić information content (AvgIpc) is 2.47. The Labute approximate surface area is 131 Å². The second-order valence-electron chi connectivity index (χ2n) is 5.91. The van der Waals surface area contributed by atoms with Gasteiger partial charge in [0.15, 0.2) is 0 Å². The lowest BCUT2D eigenvalue weighted by atomic mass is 9.82. The van der Waals surface area contributed by atoms with Crippen LogP contribution in [0.5, 0.6) is 0 Å². The number of hydrogen-bond donors (Lipinski definition) is 2. The van der Waals surface area contributed by atoms with Gasteiger partial charge in [0, 0.05) is 13.1 Å². The predicted octanol–water partition coefficient (Wildman–Crippen LogP) is 3.72. The Bertz CT molecular complexity index is 492. The zero-order chi connectivity index (χ0) is 15.2. The maximum atomic E-state index is 12.3. The smallest absolute Gasteiger partial charge is 0.271 e. The number of anilines is 1. The number of nitrogens with one attached hydrogen (secondary N) is 2. The molecule has 2 N–H and O–H groups in total. The first kappa shape index (κ1) is 16.1. The quantitative estimate of drug-likeness (QED) is 0.871. The molecule has 116 valence electrons. The number of amides is 1. The molecule has 1 aromatic rings. The molecule has 4 nitrogen and oxygen atoms in total. The minimum absolute atomic E-state index is 0.182. The number of pyridine rings is 1. The first-order valence-electron chi connectivity index (χ1n) is 7.78. The summed E-state index contributed by atoms with van der Waals surface area (Å²) >= 11 is 6.08. The highest BCUT2D eigenvalue weighted by molar-refractivity contribution is 6.33. The van der Waals surface area contributed by atoms with E-state index in [2.05, 4.69) is 22.5 Å². The molecule has 1 fully saturated rings. The Balaban J connectivity index is 1.94. The van der Waals surface area contributed by atoms with Crippen molar-refractivity contribution >= 4 is 23.3 Å². The monoisotopic (exact) mass is 309 g/mol. The van der Waals surface area contributed by atoms with Crippen LogP contribution in [0, 0.1) is 11.8 Å². The van der Waals surface area contributed by atoms with Crippen molar-refractivity contribution in [2.75, 3.05) is 18.4 Å². The van der Waals surface area contributed by atoms with E-state index in [1.165, 1.54) is 25.7 Å². The van der Waals surface area contributed by atoms with E-state index in [0.717, 1.165) is 12.5 Å².